The van der Waals surface area contributed by atoms with Gasteiger partial charge in [-0.3, -0.25) is 0 Å². The van der Waals surface area contributed by atoms with Crippen LogP contribution in [0.5, 0.6) is 23.0 Å². The van der Waals surface area contributed by atoms with E-state index >= 15 is 0 Å². The molecular weight excluding hydrogens is 596 g/mol. The van der Waals surface area contributed by atoms with E-state index in [4.69, 9.17) is 37.9 Å². The third kappa shape index (κ3) is 10.7. The van der Waals surface area contributed by atoms with Crippen LogP contribution in [0.2, 0.25) is 0 Å². The summed E-state index contributed by atoms with van der Waals surface area (Å²) in [5.74, 6) is 3.32. The van der Waals surface area contributed by atoms with Crippen LogP contribution in [0.1, 0.15) is 20.8 Å². The standard InChI is InChI=1S/C39H44O8/c1-27(41-22-29(3)47-37-18-10-33(11-19-37)31-6-14-35(15-7-31)43-24-39-26-45-39)20-40-21-28(2)46-36-16-8-32(9-17-36)30-4-12-34(13-5-30)42-23-38-25-44-38/h4-19,27-29,38-39H,20-26H2,1-3H3. The van der Waals surface area contributed by atoms with Crippen LogP contribution in [-0.2, 0) is 18.9 Å². The molecule has 248 valence electrons. The van der Waals surface area contributed by atoms with Gasteiger partial charge in [0.15, 0.2) is 0 Å². The van der Waals surface area contributed by atoms with Crippen molar-refractivity contribution in [2.45, 2.75) is 51.3 Å². The quantitative estimate of drug-likeness (QED) is 0.0994. The minimum absolute atomic E-state index is 0.0718. The van der Waals surface area contributed by atoms with Crippen molar-refractivity contribution in [3.8, 4) is 45.3 Å². The van der Waals surface area contributed by atoms with Gasteiger partial charge in [-0.25, -0.2) is 0 Å². The van der Waals surface area contributed by atoms with Gasteiger partial charge in [0.1, 0.15) is 60.6 Å². The van der Waals surface area contributed by atoms with Gasteiger partial charge in [0, 0.05) is 0 Å². The molecule has 0 amide bonds. The van der Waals surface area contributed by atoms with Crippen molar-refractivity contribution in [3.63, 3.8) is 0 Å². The minimum Gasteiger partial charge on any atom is -0.491 e. The SMILES string of the molecule is CC(COCC(C)Oc1ccc(-c2ccc(OCC3CO3)cc2)cc1)OCC(C)Oc1ccc(-c2ccc(OCC3CO3)cc2)cc1. The Labute approximate surface area is 277 Å². The fourth-order valence-corrected chi connectivity index (χ4v) is 4.93. The minimum atomic E-state index is -0.103. The van der Waals surface area contributed by atoms with Gasteiger partial charge in [-0.2, -0.15) is 0 Å². The summed E-state index contributed by atoms with van der Waals surface area (Å²) >= 11 is 0. The lowest BCUT2D eigenvalue weighted by molar-refractivity contribution is -0.0428. The zero-order valence-electron chi connectivity index (χ0n) is 27.3. The lowest BCUT2D eigenvalue weighted by Crippen LogP contribution is -2.27. The van der Waals surface area contributed by atoms with Crippen molar-refractivity contribution in [2.75, 3.05) is 46.2 Å². The number of hydrogen-bond donors (Lipinski definition) is 0. The second-order valence-electron chi connectivity index (χ2n) is 12.2. The van der Waals surface area contributed by atoms with Gasteiger partial charge in [-0.15, -0.1) is 0 Å². The lowest BCUT2D eigenvalue weighted by atomic mass is 10.1. The summed E-state index contributed by atoms with van der Waals surface area (Å²) in [6.45, 7) is 10.2. The zero-order chi connectivity index (χ0) is 32.4. The predicted molar refractivity (Wildman–Crippen MR) is 181 cm³/mol. The molecule has 0 N–H and O–H groups in total. The number of hydrogen-bond acceptors (Lipinski definition) is 8. The van der Waals surface area contributed by atoms with Crippen LogP contribution in [0.25, 0.3) is 22.3 Å². The Morgan fingerprint density at radius 1 is 0.489 bits per heavy atom. The van der Waals surface area contributed by atoms with Crippen molar-refractivity contribution < 1.29 is 37.9 Å². The summed E-state index contributed by atoms with van der Waals surface area (Å²) in [5.41, 5.74) is 4.48. The van der Waals surface area contributed by atoms with E-state index in [0.29, 0.717) is 33.0 Å². The van der Waals surface area contributed by atoms with Crippen molar-refractivity contribution in [2.24, 2.45) is 0 Å². The number of epoxide rings is 2. The van der Waals surface area contributed by atoms with Gasteiger partial charge >= 0.3 is 0 Å². The summed E-state index contributed by atoms with van der Waals surface area (Å²) in [4.78, 5) is 0. The van der Waals surface area contributed by atoms with Crippen molar-refractivity contribution in [1.29, 1.82) is 0 Å². The largest absolute Gasteiger partial charge is 0.491 e. The molecule has 2 aliphatic rings. The van der Waals surface area contributed by atoms with Crippen molar-refractivity contribution in [1.82, 2.24) is 0 Å². The first-order chi connectivity index (χ1) is 23.0. The highest BCUT2D eigenvalue weighted by atomic mass is 16.6. The summed E-state index contributed by atoms with van der Waals surface area (Å²) in [7, 11) is 0. The second-order valence-corrected chi connectivity index (χ2v) is 12.2. The Bertz CT molecular complexity index is 1500. The molecule has 4 aromatic carbocycles. The number of ether oxygens (including phenoxy) is 8. The Balaban J connectivity index is 0.846. The number of benzene rings is 4. The van der Waals surface area contributed by atoms with Crippen molar-refractivity contribution >= 4 is 0 Å². The molecule has 6 rings (SSSR count). The zero-order valence-corrected chi connectivity index (χ0v) is 27.3. The highest BCUT2D eigenvalue weighted by Gasteiger charge is 2.23. The third-order valence-electron chi connectivity index (χ3n) is 7.76. The first-order valence-corrected chi connectivity index (χ1v) is 16.4. The third-order valence-corrected chi connectivity index (χ3v) is 7.76. The number of rotatable bonds is 19. The highest BCUT2D eigenvalue weighted by Crippen LogP contribution is 2.27. The van der Waals surface area contributed by atoms with Gasteiger partial charge in [0.2, 0.25) is 0 Å². The van der Waals surface area contributed by atoms with Crippen LogP contribution in [0.4, 0.5) is 0 Å². The monoisotopic (exact) mass is 640 g/mol. The first kappa shape index (κ1) is 32.8. The topological polar surface area (TPSA) is 80.4 Å². The van der Waals surface area contributed by atoms with Gasteiger partial charge in [0.25, 0.3) is 0 Å². The predicted octanol–water partition coefficient (Wildman–Crippen LogP) is 7.23. The summed E-state index contributed by atoms with van der Waals surface area (Å²) in [6, 6.07) is 32.4. The molecule has 2 aliphatic heterocycles. The van der Waals surface area contributed by atoms with Gasteiger partial charge in [0.05, 0.1) is 39.1 Å². The molecule has 0 radical (unpaired) electrons. The van der Waals surface area contributed by atoms with E-state index < -0.39 is 0 Å². The molecule has 0 aromatic heterocycles. The molecule has 0 aliphatic carbocycles. The maximum atomic E-state index is 6.08. The highest BCUT2D eigenvalue weighted by molar-refractivity contribution is 5.65. The second kappa shape index (κ2) is 16.2. The summed E-state index contributed by atoms with van der Waals surface area (Å²) < 4.78 is 45.9. The molecule has 0 bridgehead atoms. The van der Waals surface area contributed by atoms with Crippen molar-refractivity contribution in [3.05, 3.63) is 97.1 Å². The molecule has 5 unspecified atom stereocenters. The van der Waals surface area contributed by atoms with E-state index in [0.717, 1.165) is 58.5 Å². The molecule has 47 heavy (non-hydrogen) atoms. The Hall–Kier alpha value is -4.08. The van der Waals surface area contributed by atoms with Crippen LogP contribution >= 0.6 is 0 Å². The summed E-state index contributed by atoms with van der Waals surface area (Å²) in [5, 5.41) is 0. The molecular formula is C39H44O8. The van der Waals surface area contributed by atoms with Gasteiger partial charge in [-0.1, -0.05) is 48.5 Å². The van der Waals surface area contributed by atoms with E-state index in [1.54, 1.807) is 0 Å². The van der Waals surface area contributed by atoms with Gasteiger partial charge < -0.3 is 37.9 Å². The molecule has 2 fully saturated rings. The average Bonchev–Trinajstić information content (AvgIpc) is 4.03. The van der Waals surface area contributed by atoms with E-state index in [-0.39, 0.29) is 30.5 Å². The van der Waals surface area contributed by atoms with E-state index in [1.807, 2.05) is 69.3 Å². The molecule has 2 saturated heterocycles. The lowest BCUT2D eigenvalue weighted by Gasteiger charge is -2.20. The first-order valence-electron chi connectivity index (χ1n) is 16.4. The Morgan fingerprint density at radius 2 is 0.830 bits per heavy atom. The molecule has 4 aromatic rings. The Kier molecular flexibility index (Phi) is 11.3. The van der Waals surface area contributed by atoms with Crippen LogP contribution in [-0.4, -0.2) is 76.8 Å². The molecule has 0 spiro atoms. The molecule has 8 heteroatoms. The molecule has 0 saturated carbocycles. The van der Waals surface area contributed by atoms with Gasteiger partial charge in [-0.05, 0) is 91.6 Å². The Morgan fingerprint density at radius 3 is 1.21 bits per heavy atom. The van der Waals surface area contributed by atoms with E-state index in [1.165, 1.54) is 0 Å². The summed E-state index contributed by atoms with van der Waals surface area (Å²) in [6.07, 6.45) is 0.230. The van der Waals surface area contributed by atoms with E-state index in [9.17, 15) is 0 Å². The smallest absolute Gasteiger partial charge is 0.119 e. The maximum absolute atomic E-state index is 6.08. The molecule has 2 heterocycles. The van der Waals surface area contributed by atoms with Crippen LogP contribution in [0.15, 0.2) is 97.1 Å². The van der Waals surface area contributed by atoms with Crippen LogP contribution in [0.3, 0.4) is 0 Å². The van der Waals surface area contributed by atoms with Crippen LogP contribution in [0, 0.1) is 0 Å². The molecule has 8 nitrogen and oxygen atoms in total. The fraction of sp³-hybridized carbons (Fsp3) is 0.385. The fourth-order valence-electron chi connectivity index (χ4n) is 4.93. The maximum Gasteiger partial charge on any atom is 0.119 e. The van der Waals surface area contributed by atoms with E-state index in [2.05, 4.69) is 48.5 Å². The normalized spacial score (nSPS) is 18.5. The van der Waals surface area contributed by atoms with Crippen LogP contribution < -0.4 is 18.9 Å². The molecule has 5 atom stereocenters. The average molecular weight is 641 g/mol.